The first kappa shape index (κ1) is 17.4. The molecule has 1 aromatic carbocycles. The third kappa shape index (κ3) is 7.06. The Labute approximate surface area is 125 Å². The van der Waals surface area contributed by atoms with Crippen molar-refractivity contribution in [3.05, 3.63) is 36.4 Å². The van der Waals surface area contributed by atoms with E-state index in [9.17, 15) is 13.2 Å². The molecule has 0 atom stereocenters. The molecule has 0 amide bonds. The van der Waals surface area contributed by atoms with Gasteiger partial charge in [-0.3, -0.25) is 9.35 Å². The summed E-state index contributed by atoms with van der Waals surface area (Å²) in [6.07, 6.45) is 8.29. The molecular weight excluding hydrogens is 292 g/mol. The van der Waals surface area contributed by atoms with Gasteiger partial charge in [0, 0.05) is 0 Å². The minimum absolute atomic E-state index is 0.173. The Bertz CT molecular complexity index is 573. The summed E-state index contributed by atoms with van der Waals surface area (Å²) >= 11 is 0. The number of esters is 1. The molecule has 5 nitrogen and oxygen atoms in total. The van der Waals surface area contributed by atoms with Crippen molar-refractivity contribution in [2.45, 2.75) is 43.9 Å². The van der Waals surface area contributed by atoms with Crippen molar-refractivity contribution in [1.29, 1.82) is 0 Å². The predicted octanol–water partition coefficient (Wildman–Crippen LogP) is 3.37. The first-order chi connectivity index (χ1) is 9.93. The van der Waals surface area contributed by atoms with Gasteiger partial charge in [0.15, 0.2) is 0 Å². The first-order valence-corrected chi connectivity index (χ1v) is 8.30. The summed E-state index contributed by atoms with van der Waals surface area (Å²) in [7, 11) is -4.23. The van der Waals surface area contributed by atoms with Gasteiger partial charge in [0.2, 0.25) is 0 Å². The van der Waals surface area contributed by atoms with Crippen LogP contribution in [0.1, 0.15) is 39.0 Å². The number of unbranched alkanes of at least 4 members (excludes halogenated alkanes) is 3. The van der Waals surface area contributed by atoms with E-state index in [2.05, 4.69) is 6.92 Å². The number of hydrogen-bond acceptors (Lipinski definition) is 4. The first-order valence-electron chi connectivity index (χ1n) is 6.86. The van der Waals surface area contributed by atoms with Crippen molar-refractivity contribution in [1.82, 2.24) is 0 Å². The standard InChI is InChI=1S/C15H20O5S/c1-2-3-4-5-6-7-8-15(16)20-13-9-11-14(12-10-13)21(17,18)19/h6-7,9-12H,2-5,8H2,1H3,(H,17,18,19). The van der Waals surface area contributed by atoms with E-state index in [1.54, 1.807) is 6.08 Å². The summed E-state index contributed by atoms with van der Waals surface area (Å²) in [6.45, 7) is 2.13. The topological polar surface area (TPSA) is 80.7 Å². The highest BCUT2D eigenvalue weighted by Crippen LogP contribution is 2.16. The molecule has 1 rings (SSSR count). The van der Waals surface area contributed by atoms with Gasteiger partial charge in [-0.25, -0.2) is 0 Å². The van der Waals surface area contributed by atoms with Gasteiger partial charge >= 0.3 is 5.97 Å². The van der Waals surface area contributed by atoms with Crippen LogP contribution in [0.5, 0.6) is 5.75 Å². The van der Waals surface area contributed by atoms with Gasteiger partial charge in [0.25, 0.3) is 10.1 Å². The lowest BCUT2D eigenvalue weighted by atomic mass is 10.2. The molecular formula is C15H20O5S. The van der Waals surface area contributed by atoms with E-state index in [0.717, 1.165) is 19.3 Å². The summed E-state index contributed by atoms with van der Waals surface area (Å²) in [5.74, 6) is -0.173. The van der Waals surface area contributed by atoms with E-state index in [1.165, 1.54) is 30.7 Å². The Kier molecular flexibility index (Phi) is 7.11. The molecule has 0 saturated carbocycles. The third-order valence-corrected chi connectivity index (χ3v) is 3.65. The van der Waals surface area contributed by atoms with Crippen molar-refractivity contribution in [3.8, 4) is 5.75 Å². The molecule has 0 heterocycles. The van der Waals surface area contributed by atoms with Crippen molar-refractivity contribution >= 4 is 16.1 Å². The molecule has 6 heteroatoms. The van der Waals surface area contributed by atoms with Crippen LogP contribution in [0.25, 0.3) is 0 Å². The normalized spacial score (nSPS) is 11.7. The van der Waals surface area contributed by atoms with Crippen LogP contribution >= 0.6 is 0 Å². The van der Waals surface area contributed by atoms with Gasteiger partial charge in [0.1, 0.15) is 5.75 Å². The second-order valence-electron chi connectivity index (χ2n) is 4.59. The average molecular weight is 312 g/mol. The summed E-state index contributed by atoms with van der Waals surface area (Å²) in [6, 6.07) is 5.01. The highest BCUT2D eigenvalue weighted by molar-refractivity contribution is 7.85. The van der Waals surface area contributed by atoms with Crippen LogP contribution in [0.15, 0.2) is 41.3 Å². The Morgan fingerprint density at radius 3 is 2.43 bits per heavy atom. The van der Waals surface area contributed by atoms with Crippen LogP contribution in [-0.2, 0) is 14.9 Å². The van der Waals surface area contributed by atoms with Crippen LogP contribution in [0, 0.1) is 0 Å². The van der Waals surface area contributed by atoms with E-state index in [0.29, 0.717) is 0 Å². The zero-order chi connectivity index (χ0) is 15.7. The van der Waals surface area contributed by atoms with Gasteiger partial charge in [-0.05, 0) is 37.1 Å². The van der Waals surface area contributed by atoms with Crippen molar-refractivity contribution in [2.24, 2.45) is 0 Å². The summed E-state index contributed by atoms with van der Waals surface area (Å²) in [4.78, 5) is 11.3. The largest absolute Gasteiger partial charge is 0.426 e. The lowest BCUT2D eigenvalue weighted by Crippen LogP contribution is -2.06. The van der Waals surface area contributed by atoms with Crippen molar-refractivity contribution in [2.75, 3.05) is 0 Å². The lowest BCUT2D eigenvalue weighted by Gasteiger charge is -2.03. The average Bonchev–Trinajstić information content (AvgIpc) is 2.42. The highest BCUT2D eigenvalue weighted by Gasteiger charge is 2.09. The van der Waals surface area contributed by atoms with Gasteiger partial charge in [0.05, 0.1) is 11.3 Å². The lowest BCUT2D eigenvalue weighted by molar-refractivity contribution is -0.133. The number of rotatable bonds is 8. The maximum absolute atomic E-state index is 11.5. The van der Waals surface area contributed by atoms with E-state index >= 15 is 0 Å². The molecule has 0 aliphatic carbocycles. The van der Waals surface area contributed by atoms with Gasteiger partial charge in [-0.2, -0.15) is 8.42 Å². The second-order valence-corrected chi connectivity index (χ2v) is 6.01. The number of benzene rings is 1. The second kappa shape index (κ2) is 8.59. The van der Waals surface area contributed by atoms with Crippen LogP contribution in [-0.4, -0.2) is 18.9 Å². The van der Waals surface area contributed by atoms with Gasteiger partial charge in [-0.1, -0.05) is 31.9 Å². The zero-order valence-electron chi connectivity index (χ0n) is 12.0. The molecule has 1 aromatic rings. The molecule has 0 unspecified atom stereocenters. The Hall–Kier alpha value is -1.66. The predicted molar refractivity (Wildman–Crippen MR) is 79.8 cm³/mol. The Morgan fingerprint density at radius 2 is 1.86 bits per heavy atom. The third-order valence-electron chi connectivity index (χ3n) is 2.78. The number of ether oxygens (including phenoxy) is 1. The number of carbonyl (C=O) groups excluding carboxylic acids is 1. The number of carbonyl (C=O) groups is 1. The minimum Gasteiger partial charge on any atom is -0.426 e. The molecule has 0 aliphatic rings. The van der Waals surface area contributed by atoms with Crippen molar-refractivity contribution < 1.29 is 22.5 Å². The number of allylic oxidation sites excluding steroid dienone is 1. The Balaban J connectivity index is 2.41. The molecule has 0 radical (unpaired) electrons. The summed E-state index contributed by atoms with van der Waals surface area (Å²) in [5, 5.41) is 0. The molecule has 1 N–H and O–H groups in total. The fraction of sp³-hybridized carbons (Fsp3) is 0.400. The van der Waals surface area contributed by atoms with E-state index in [-0.39, 0.29) is 17.1 Å². The monoisotopic (exact) mass is 312 g/mol. The van der Waals surface area contributed by atoms with E-state index in [4.69, 9.17) is 9.29 Å². The van der Waals surface area contributed by atoms with E-state index < -0.39 is 16.1 Å². The fourth-order valence-corrected chi connectivity index (χ4v) is 2.14. The quantitative estimate of drug-likeness (QED) is 0.262. The van der Waals surface area contributed by atoms with Crippen molar-refractivity contribution in [3.63, 3.8) is 0 Å². The van der Waals surface area contributed by atoms with Gasteiger partial charge in [-0.15, -0.1) is 0 Å². The maximum Gasteiger partial charge on any atom is 0.315 e. The molecule has 0 aliphatic heterocycles. The summed E-state index contributed by atoms with van der Waals surface area (Å²) < 4.78 is 35.6. The van der Waals surface area contributed by atoms with Crippen LogP contribution in [0.3, 0.4) is 0 Å². The molecule has 0 bridgehead atoms. The molecule has 0 saturated heterocycles. The van der Waals surface area contributed by atoms with E-state index in [1.807, 2.05) is 6.08 Å². The molecule has 0 aromatic heterocycles. The summed E-state index contributed by atoms with van der Waals surface area (Å²) in [5.41, 5.74) is 0. The zero-order valence-corrected chi connectivity index (χ0v) is 12.8. The SMILES string of the molecule is CCCCCC=CCC(=O)Oc1ccc(S(=O)(=O)O)cc1. The minimum atomic E-state index is -4.23. The van der Waals surface area contributed by atoms with Crippen LogP contribution < -0.4 is 4.74 Å². The molecule has 0 spiro atoms. The molecule has 116 valence electrons. The Morgan fingerprint density at radius 1 is 1.19 bits per heavy atom. The number of hydrogen-bond donors (Lipinski definition) is 1. The smallest absolute Gasteiger partial charge is 0.315 e. The van der Waals surface area contributed by atoms with Gasteiger partial charge < -0.3 is 4.74 Å². The molecule has 0 fully saturated rings. The maximum atomic E-state index is 11.5. The van der Waals surface area contributed by atoms with Crippen LogP contribution in [0.4, 0.5) is 0 Å². The van der Waals surface area contributed by atoms with Crippen LogP contribution in [0.2, 0.25) is 0 Å². The molecule has 21 heavy (non-hydrogen) atoms. The fourth-order valence-electron chi connectivity index (χ4n) is 1.66. The highest BCUT2D eigenvalue weighted by atomic mass is 32.2.